The minimum atomic E-state index is -1.00. The topological polar surface area (TPSA) is 72.9 Å². The molecule has 2 unspecified atom stereocenters. The van der Waals surface area contributed by atoms with Crippen LogP contribution in [-0.2, 0) is 4.79 Å². The van der Waals surface area contributed by atoms with Gasteiger partial charge in [0.25, 0.3) is 0 Å². The van der Waals surface area contributed by atoms with Gasteiger partial charge in [0.05, 0.1) is 0 Å². The van der Waals surface area contributed by atoms with Crippen molar-refractivity contribution in [2.24, 2.45) is 0 Å². The Morgan fingerprint density at radius 2 is 1.94 bits per heavy atom. The molecule has 2 saturated heterocycles. The van der Waals surface area contributed by atoms with Gasteiger partial charge in [-0.2, -0.15) is 0 Å². The maximum absolute atomic E-state index is 12.0. The number of fused-ring (bicyclic) bond motifs is 2. The van der Waals surface area contributed by atoms with Gasteiger partial charge in [-0.25, -0.2) is 4.79 Å². The van der Waals surface area contributed by atoms with Crippen LogP contribution in [0.1, 0.15) is 26.2 Å². The Kier molecular flexibility index (Phi) is 3.75. The molecule has 0 aromatic rings. The molecule has 0 saturated carbocycles. The second-order valence-corrected chi connectivity index (χ2v) is 5.29. The number of amides is 2. The van der Waals surface area contributed by atoms with Gasteiger partial charge in [0, 0.05) is 25.2 Å². The van der Waals surface area contributed by atoms with E-state index in [2.05, 4.69) is 17.3 Å². The van der Waals surface area contributed by atoms with E-state index in [0.717, 1.165) is 12.8 Å². The first kappa shape index (κ1) is 13.1. The van der Waals surface area contributed by atoms with Gasteiger partial charge >= 0.3 is 12.0 Å². The number of carboxylic acid groups (broad SMARTS) is 1. The Labute approximate surface area is 107 Å². The highest BCUT2D eigenvalue weighted by atomic mass is 16.4. The molecule has 0 aromatic carbocycles. The average molecular weight is 255 g/mol. The largest absolute Gasteiger partial charge is 0.480 e. The second-order valence-electron chi connectivity index (χ2n) is 5.29. The molecule has 0 aliphatic carbocycles. The number of nitrogens with zero attached hydrogens (tertiary/aromatic N) is 2. The van der Waals surface area contributed by atoms with Crippen LogP contribution >= 0.6 is 0 Å². The van der Waals surface area contributed by atoms with Crippen molar-refractivity contribution in [3.63, 3.8) is 0 Å². The number of aliphatic carboxylic acids is 1. The third-order valence-corrected chi connectivity index (χ3v) is 4.15. The Morgan fingerprint density at radius 1 is 1.28 bits per heavy atom. The van der Waals surface area contributed by atoms with Crippen molar-refractivity contribution in [3.05, 3.63) is 0 Å². The van der Waals surface area contributed by atoms with E-state index < -0.39 is 12.0 Å². The molecule has 2 heterocycles. The lowest BCUT2D eigenvalue weighted by Crippen LogP contribution is -2.49. The lowest BCUT2D eigenvalue weighted by molar-refractivity contribution is -0.138. The first-order valence-corrected chi connectivity index (χ1v) is 6.49. The van der Waals surface area contributed by atoms with Gasteiger partial charge in [0.15, 0.2) is 0 Å². The summed E-state index contributed by atoms with van der Waals surface area (Å²) >= 11 is 0. The quantitative estimate of drug-likeness (QED) is 0.746. The molecule has 102 valence electrons. The van der Waals surface area contributed by atoms with Crippen molar-refractivity contribution in [1.29, 1.82) is 0 Å². The summed E-state index contributed by atoms with van der Waals surface area (Å²) in [5, 5.41) is 11.3. The van der Waals surface area contributed by atoms with Gasteiger partial charge in [0.2, 0.25) is 0 Å². The molecule has 0 radical (unpaired) electrons. The Hall–Kier alpha value is -1.30. The van der Waals surface area contributed by atoms with E-state index in [1.54, 1.807) is 4.90 Å². The second kappa shape index (κ2) is 5.14. The fourth-order valence-corrected chi connectivity index (χ4v) is 2.83. The Balaban J connectivity index is 1.93. The van der Waals surface area contributed by atoms with Crippen molar-refractivity contribution in [2.75, 3.05) is 20.1 Å². The smallest absolute Gasteiger partial charge is 0.325 e. The first-order valence-electron chi connectivity index (χ1n) is 6.49. The fraction of sp³-hybridized carbons (Fsp3) is 0.833. The predicted molar refractivity (Wildman–Crippen MR) is 66.4 cm³/mol. The summed E-state index contributed by atoms with van der Waals surface area (Å²) in [7, 11) is 2.11. The van der Waals surface area contributed by atoms with E-state index in [0.29, 0.717) is 25.2 Å². The van der Waals surface area contributed by atoms with Crippen molar-refractivity contribution in [1.82, 2.24) is 15.1 Å². The molecule has 2 fully saturated rings. The summed E-state index contributed by atoms with van der Waals surface area (Å²) in [6, 6.07) is -0.102. The maximum atomic E-state index is 12.0. The molecule has 0 aromatic heterocycles. The molecule has 2 amide bonds. The third kappa shape index (κ3) is 2.58. The summed E-state index contributed by atoms with van der Waals surface area (Å²) in [6.45, 7) is 2.89. The van der Waals surface area contributed by atoms with E-state index in [-0.39, 0.29) is 6.03 Å². The van der Waals surface area contributed by atoms with Gasteiger partial charge in [0.1, 0.15) is 6.04 Å². The molecule has 2 bridgehead atoms. The van der Waals surface area contributed by atoms with E-state index in [9.17, 15) is 9.59 Å². The van der Waals surface area contributed by atoms with E-state index >= 15 is 0 Å². The van der Waals surface area contributed by atoms with E-state index in [1.165, 1.54) is 13.3 Å². The minimum absolute atomic E-state index is 0.258. The predicted octanol–water partition coefficient (Wildman–Crippen LogP) is 0.338. The number of likely N-dealkylation sites (tertiary alicyclic amines) is 1. The molecule has 3 atom stereocenters. The van der Waals surface area contributed by atoms with Gasteiger partial charge in [-0.15, -0.1) is 0 Å². The summed E-state index contributed by atoms with van der Waals surface area (Å²) in [5.41, 5.74) is 0. The number of urea groups is 1. The summed E-state index contributed by atoms with van der Waals surface area (Å²) in [6.07, 6.45) is 3.31. The van der Waals surface area contributed by atoms with Crippen LogP contribution in [-0.4, -0.2) is 65.2 Å². The minimum Gasteiger partial charge on any atom is -0.480 e. The Bertz CT molecular complexity index is 347. The van der Waals surface area contributed by atoms with Crippen LogP contribution < -0.4 is 5.32 Å². The molecule has 2 rings (SSSR count). The molecule has 6 nitrogen and oxygen atoms in total. The highest BCUT2D eigenvalue weighted by Crippen LogP contribution is 2.28. The van der Waals surface area contributed by atoms with Crippen molar-refractivity contribution in [3.8, 4) is 0 Å². The van der Waals surface area contributed by atoms with Crippen LogP contribution in [0.2, 0.25) is 0 Å². The number of carbonyl (C=O) groups is 2. The van der Waals surface area contributed by atoms with Gasteiger partial charge < -0.3 is 15.3 Å². The summed E-state index contributed by atoms with van der Waals surface area (Å²) < 4.78 is 0. The standard InChI is InChI=1S/C12H21N3O3/c1-8(11(16)17)13-12(18)15-6-5-9-3-4-10(7-15)14(9)2/h8-10H,3-7H2,1-2H3,(H,13,18)(H,16,17)/t8-,9?,10?/m0/s1. The average Bonchev–Trinajstić information content (AvgIpc) is 2.52. The maximum Gasteiger partial charge on any atom is 0.325 e. The number of hydrogen-bond donors (Lipinski definition) is 2. The highest BCUT2D eigenvalue weighted by molar-refractivity contribution is 5.82. The third-order valence-electron chi connectivity index (χ3n) is 4.15. The molecule has 2 N–H and O–H groups in total. The molecule has 6 heteroatoms. The SMILES string of the molecule is C[C@H](NC(=O)N1CCC2CCC(C1)N2C)C(=O)O. The number of carbonyl (C=O) groups excluding carboxylic acids is 1. The van der Waals surface area contributed by atoms with Crippen molar-refractivity contribution < 1.29 is 14.7 Å². The van der Waals surface area contributed by atoms with E-state index in [4.69, 9.17) is 5.11 Å². The van der Waals surface area contributed by atoms with Crippen LogP contribution in [0.3, 0.4) is 0 Å². The zero-order chi connectivity index (χ0) is 13.3. The van der Waals surface area contributed by atoms with Crippen LogP contribution in [0.15, 0.2) is 0 Å². The summed E-state index contributed by atoms with van der Waals surface area (Å²) in [4.78, 5) is 26.8. The van der Waals surface area contributed by atoms with Crippen molar-refractivity contribution >= 4 is 12.0 Å². The van der Waals surface area contributed by atoms with E-state index in [1.807, 2.05) is 0 Å². The van der Waals surface area contributed by atoms with Gasteiger partial charge in [-0.05, 0) is 33.2 Å². The van der Waals surface area contributed by atoms with Crippen LogP contribution in [0.4, 0.5) is 4.79 Å². The van der Waals surface area contributed by atoms with Gasteiger partial charge in [-0.3, -0.25) is 9.69 Å². The molecule has 2 aliphatic rings. The number of rotatable bonds is 2. The normalized spacial score (nSPS) is 29.8. The number of nitrogens with one attached hydrogen (secondary N) is 1. The zero-order valence-corrected chi connectivity index (χ0v) is 10.9. The molecular formula is C12H21N3O3. The summed E-state index contributed by atoms with van der Waals surface area (Å²) in [5.74, 6) is -1.00. The number of hydrogen-bond acceptors (Lipinski definition) is 3. The van der Waals surface area contributed by atoms with Gasteiger partial charge in [-0.1, -0.05) is 0 Å². The van der Waals surface area contributed by atoms with Crippen LogP contribution in [0.25, 0.3) is 0 Å². The lowest BCUT2D eigenvalue weighted by atomic mass is 10.1. The van der Waals surface area contributed by atoms with Crippen LogP contribution in [0, 0.1) is 0 Å². The highest BCUT2D eigenvalue weighted by Gasteiger charge is 2.36. The number of likely N-dealkylation sites (N-methyl/N-ethyl adjacent to an activating group) is 1. The fourth-order valence-electron chi connectivity index (χ4n) is 2.83. The molecular weight excluding hydrogens is 234 g/mol. The molecule has 2 aliphatic heterocycles. The number of carboxylic acids is 1. The first-order chi connectivity index (χ1) is 8.49. The zero-order valence-electron chi connectivity index (χ0n) is 10.9. The lowest BCUT2D eigenvalue weighted by Gasteiger charge is -2.26. The molecule has 18 heavy (non-hydrogen) atoms. The van der Waals surface area contributed by atoms with Crippen molar-refractivity contribution in [2.45, 2.75) is 44.3 Å². The van der Waals surface area contributed by atoms with Crippen LogP contribution in [0.5, 0.6) is 0 Å². The Morgan fingerprint density at radius 3 is 2.61 bits per heavy atom. The molecule has 0 spiro atoms. The monoisotopic (exact) mass is 255 g/mol.